The summed E-state index contributed by atoms with van der Waals surface area (Å²) < 4.78 is 13.9. The Morgan fingerprint density at radius 3 is 2.69 bits per heavy atom. The topological polar surface area (TPSA) is 83.6 Å². The number of carbonyl (C=O) groups excluding carboxylic acids is 1. The molecule has 1 aromatic heterocycles. The Bertz CT molecular complexity index is 873. The average molecular weight is 374 g/mol. The number of benzene rings is 2. The Labute approximate surface area is 154 Å². The molecule has 0 aliphatic carbocycles. The average Bonchev–Trinajstić information content (AvgIpc) is 3.17. The molecule has 1 heterocycles. The van der Waals surface area contributed by atoms with Crippen LogP contribution < -0.4 is 5.32 Å². The van der Waals surface area contributed by atoms with Gasteiger partial charge in [-0.25, -0.2) is 4.39 Å². The Morgan fingerprint density at radius 2 is 2.04 bits per heavy atom. The van der Waals surface area contributed by atoms with Gasteiger partial charge in [0.1, 0.15) is 11.9 Å². The van der Waals surface area contributed by atoms with Gasteiger partial charge in [0.2, 0.25) is 11.7 Å². The molecule has 0 aliphatic rings. The SMILES string of the molecule is C[C@H](Cc1ccccc1)C(=O)N[C@H](c1ccc(Cl)c(F)c1)c1nn[nH]n1. The zero-order valence-electron chi connectivity index (χ0n) is 14.0. The van der Waals surface area contributed by atoms with E-state index >= 15 is 0 Å². The maximum Gasteiger partial charge on any atom is 0.224 e. The maximum absolute atomic E-state index is 13.9. The predicted octanol–water partition coefficient (Wildman–Crippen LogP) is 3.08. The molecule has 1 amide bonds. The molecule has 0 bridgehead atoms. The van der Waals surface area contributed by atoms with Gasteiger partial charge in [-0.05, 0) is 29.7 Å². The van der Waals surface area contributed by atoms with E-state index in [9.17, 15) is 9.18 Å². The first kappa shape index (κ1) is 18.0. The zero-order valence-corrected chi connectivity index (χ0v) is 14.7. The van der Waals surface area contributed by atoms with Crippen molar-refractivity contribution in [3.8, 4) is 0 Å². The second-order valence-corrected chi connectivity index (χ2v) is 6.38. The minimum Gasteiger partial charge on any atom is -0.342 e. The fraction of sp³-hybridized carbons (Fsp3) is 0.222. The normalized spacial score (nSPS) is 13.2. The van der Waals surface area contributed by atoms with Crippen LogP contribution in [0.3, 0.4) is 0 Å². The van der Waals surface area contributed by atoms with Crippen molar-refractivity contribution in [3.63, 3.8) is 0 Å². The number of amides is 1. The molecule has 3 rings (SSSR count). The number of hydrogen-bond acceptors (Lipinski definition) is 4. The van der Waals surface area contributed by atoms with E-state index in [1.165, 1.54) is 12.1 Å². The third-order valence-electron chi connectivity index (χ3n) is 4.02. The number of hydrogen-bond donors (Lipinski definition) is 2. The molecule has 2 aromatic carbocycles. The number of H-pyrrole nitrogens is 1. The van der Waals surface area contributed by atoms with E-state index in [-0.39, 0.29) is 22.7 Å². The summed E-state index contributed by atoms with van der Waals surface area (Å²) in [6.45, 7) is 1.83. The first-order valence-electron chi connectivity index (χ1n) is 8.07. The molecule has 0 aliphatic heterocycles. The Balaban J connectivity index is 1.79. The Kier molecular flexibility index (Phi) is 5.58. The van der Waals surface area contributed by atoms with Crippen LogP contribution in [0.1, 0.15) is 29.9 Å². The highest BCUT2D eigenvalue weighted by molar-refractivity contribution is 6.30. The number of tetrazole rings is 1. The van der Waals surface area contributed by atoms with Crippen LogP contribution in [0.4, 0.5) is 4.39 Å². The largest absolute Gasteiger partial charge is 0.342 e. The minimum absolute atomic E-state index is 0.00406. The monoisotopic (exact) mass is 373 g/mol. The van der Waals surface area contributed by atoms with Crippen molar-refractivity contribution in [1.29, 1.82) is 0 Å². The molecule has 6 nitrogen and oxygen atoms in total. The van der Waals surface area contributed by atoms with Gasteiger partial charge in [0.15, 0.2) is 0 Å². The van der Waals surface area contributed by atoms with Crippen molar-refractivity contribution >= 4 is 17.5 Å². The van der Waals surface area contributed by atoms with Crippen molar-refractivity contribution in [1.82, 2.24) is 25.9 Å². The molecule has 8 heteroatoms. The molecule has 2 atom stereocenters. The molecule has 2 N–H and O–H groups in total. The first-order chi connectivity index (χ1) is 12.5. The lowest BCUT2D eigenvalue weighted by Gasteiger charge is -2.19. The van der Waals surface area contributed by atoms with Crippen LogP contribution >= 0.6 is 11.6 Å². The van der Waals surface area contributed by atoms with Crippen LogP contribution in [0.25, 0.3) is 0 Å². The second-order valence-electron chi connectivity index (χ2n) is 5.98. The summed E-state index contributed by atoms with van der Waals surface area (Å²) in [7, 11) is 0. The van der Waals surface area contributed by atoms with Gasteiger partial charge in [-0.1, -0.05) is 60.1 Å². The van der Waals surface area contributed by atoms with E-state index in [4.69, 9.17) is 11.6 Å². The summed E-state index contributed by atoms with van der Waals surface area (Å²) in [4.78, 5) is 12.7. The predicted molar refractivity (Wildman–Crippen MR) is 94.9 cm³/mol. The lowest BCUT2D eigenvalue weighted by molar-refractivity contribution is -0.125. The molecule has 3 aromatic rings. The van der Waals surface area contributed by atoms with Crippen molar-refractivity contribution in [3.05, 3.63) is 76.3 Å². The minimum atomic E-state index is -0.730. The molecule has 0 saturated carbocycles. The molecule has 0 fully saturated rings. The third-order valence-corrected chi connectivity index (χ3v) is 4.32. The molecule has 0 saturated heterocycles. The molecular weight excluding hydrogens is 357 g/mol. The standard InChI is InChI=1S/C18H17ClFN5O/c1-11(9-12-5-3-2-4-6-12)18(26)21-16(17-22-24-25-23-17)13-7-8-14(19)15(20)10-13/h2-8,10-11,16H,9H2,1H3,(H,21,26)(H,22,23,24,25)/t11-,16-/m1/s1. The van der Waals surface area contributed by atoms with E-state index < -0.39 is 11.9 Å². The van der Waals surface area contributed by atoms with Crippen molar-refractivity contribution < 1.29 is 9.18 Å². The highest BCUT2D eigenvalue weighted by Gasteiger charge is 2.24. The fourth-order valence-electron chi connectivity index (χ4n) is 2.63. The summed E-state index contributed by atoms with van der Waals surface area (Å²) >= 11 is 5.74. The van der Waals surface area contributed by atoms with E-state index in [0.717, 1.165) is 5.56 Å². The summed E-state index contributed by atoms with van der Waals surface area (Å²) in [5.74, 6) is -0.820. The van der Waals surface area contributed by atoms with Crippen LogP contribution in [0.2, 0.25) is 5.02 Å². The number of aromatic nitrogens is 4. The quantitative estimate of drug-likeness (QED) is 0.695. The van der Waals surface area contributed by atoms with Crippen LogP contribution in [-0.2, 0) is 11.2 Å². The van der Waals surface area contributed by atoms with Gasteiger partial charge >= 0.3 is 0 Å². The number of rotatable bonds is 6. The van der Waals surface area contributed by atoms with Crippen LogP contribution in [0.5, 0.6) is 0 Å². The van der Waals surface area contributed by atoms with Crippen LogP contribution in [0.15, 0.2) is 48.5 Å². The van der Waals surface area contributed by atoms with E-state index in [1.54, 1.807) is 6.07 Å². The molecular formula is C18H17ClFN5O. The van der Waals surface area contributed by atoms with Gasteiger partial charge in [0, 0.05) is 5.92 Å². The molecule has 0 spiro atoms. The lowest BCUT2D eigenvalue weighted by atomic mass is 9.99. The summed E-state index contributed by atoms with van der Waals surface area (Å²) in [6.07, 6.45) is 0.584. The van der Waals surface area contributed by atoms with Gasteiger partial charge in [-0.15, -0.1) is 10.2 Å². The Hall–Kier alpha value is -2.80. The lowest BCUT2D eigenvalue weighted by Crippen LogP contribution is -2.35. The van der Waals surface area contributed by atoms with Crippen molar-refractivity contribution in [2.24, 2.45) is 5.92 Å². The van der Waals surface area contributed by atoms with E-state index in [1.807, 2.05) is 37.3 Å². The highest BCUT2D eigenvalue weighted by atomic mass is 35.5. The summed E-state index contributed by atoms with van der Waals surface area (Å²) in [6, 6.07) is 13.3. The van der Waals surface area contributed by atoms with Crippen molar-refractivity contribution in [2.75, 3.05) is 0 Å². The number of halogens is 2. The van der Waals surface area contributed by atoms with Crippen molar-refractivity contribution in [2.45, 2.75) is 19.4 Å². The molecule has 26 heavy (non-hydrogen) atoms. The molecule has 0 radical (unpaired) electrons. The number of nitrogens with zero attached hydrogens (tertiary/aromatic N) is 3. The fourth-order valence-corrected chi connectivity index (χ4v) is 2.74. The molecule has 0 unspecified atom stereocenters. The van der Waals surface area contributed by atoms with Gasteiger partial charge < -0.3 is 5.32 Å². The Morgan fingerprint density at radius 1 is 1.27 bits per heavy atom. The maximum atomic E-state index is 13.9. The van der Waals surface area contributed by atoms with E-state index in [0.29, 0.717) is 12.0 Å². The zero-order chi connectivity index (χ0) is 18.5. The number of aromatic amines is 1. The van der Waals surface area contributed by atoms with E-state index in [2.05, 4.69) is 25.9 Å². The second kappa shape index (κ2) is 8.05. The summed E-state index contributed by atoms with van der Waals surface area (Å²) in [5, 5.41) is 16.6. The van der Waals surface area contributed by atoms with Crippen LogP contribution in [-0.4, -0.2) is 26.5 Å². The van der Waals surface area contributed by atoms with Crippen LogP contribution in [0, 0.1) is 11.7 Å². The number of nitrogens with one attached hydrogen (secondary N) is 2. The van der Waals surface area contributed by atoms with Gasteiger partial charge in [0.05, 0.1) is 5.02 Å². The summed E-state index contributed by atoms with van der Waals surface area (Å²) in [5.41, 5.74) is 1.54. The third kappa shape index (κ3) is 4.23. The van der Waals surface area contributed by atoms with Gasteiger partial charge in [-0.3, -0.25) is 4.79 Å². The number of carbonyl (C=O) groups is 1. The molecule has 134 valence electrons. The van der Waals surface area contributed by atoms with Gasteiger partial charge in [-0.2, -0.15) is 5.21 Å². The first-order valence-corrected chi connectivity index (χ1v) is 8.45. The smallest absolute Gasteiger partial charge is 0.224 e. The van der Waals surface area contributed by atoms with Gasteiger partial charge in [0.25, 0.3) is 0 Å². The highest BCUT2D eigenvalue weighted by Crippen LogP contribution is 2.24.